The molecule has 2 aromatic heterocycles. The van der Waals surface area contributed by atoms with Crippen molar-refractivity contribution in [2.24, 2.45) is 0 Å². The zero-order valence-electron chi connectivity index (χ0n) is 10.9. The van der Waals surface area contributed by atoms with Gasteiger partial charge in [-0.2, -0.15) is 10.5 Å². The predicted octanol–water partition coefficient (Wildman–Crippen LogP) is 2.27. The van der Waals surface area contributed by atoms with Crippen LogP contribution >= 0.6 is 0 Å². The van der Waals surface area contributed by atoms with Gasteiger partial charge in [-0.15, -0.1) is 0 Å². The molecule has 0 bridgehead atoms. The van der Waals surface area contributed by atoms with Gasteiger partial charge in [-0.1, -0.05) is 12.1 Å². The maximum atomic E-state index is 8.92. The van der Waals surface area contributed by atoms with Crippen molar-refractivity contribution in [2.75, 3.05) is 11.4 Å². The van der Waals surface area contributed by atoms with Crippen LogP contribution in [0.25, 0.3) is 0 Å². The molecule has 5 nitrogen and oxygen atoms in total. The Kier molecular flexibility index (Phi) is 4.64. The van der Waals surface area contributed by atoms with Gasteiger partial charge in [-0.05, 0) is 23.8 Å². The molecule has 5 heteroatoms. The summed E-state index contributed by atoms with van der Waals surface area (Å²) in [7, 11) is 0. The average Bonchev–Trinajstić information content (AvgIpc) is 2.52. The number of pyridine rings is 2. The second-order valence-electron chi connectivity index (χ2n) is 4.18. The van der Waals surface area contributed by atoms with E-state index in [1.165, 1.54) is 0 Å². The first kappa shape index (κ1) is 13.5. The molecule has 0 unspecified atom stereocenters. The SMILES string of the molecule is N#CCCN(Cc1cccnc1)c1cccc(C#N)n1. The lowest BCUT2D eigenvalue weighted by atomic mass is 10.2. The van der Waals surface area contributed by atoms with Crippen molar-refractivity contribution < 1.29 is 0 Å². The topological polar surface area (TPSA) is 76.6 Å². The van der Waals surface area contributed by atoms with Crippen molar-refractivity contribution >= 4 is 5.82 Å². The first-order valence-electron chi connectivity index (χ1n) is 6.21. The Balaban J connectivity index is 2.23. The van der Waals surface area contributed by atoms with Gasteiger partial charge in [0.1, 0.15) is 17.6 Å². The summed E-state index contributed by atoms with van der Waals surface area (Å²) in [5.41, 5.74) is 1.41. The Labute approximate surface area is 117 Å². The van der Waals surface area contributed by atoms with Gasteiger partial charge in [-0.3, -0.25) is 4.98 Å². The normalized spacial score (nSPS) is 9.50. The number of aromatic nitrogens is 2. The van der Waals surface area contributed by atoms with E-state index in [0.717, 1.165) is 5.56 Å². The summed E-state index contributed by atoms with van der Waals surface area (Å²) in [5.74, 6) is 0.697. The average molecular weight is 263 g/mol. The molecule has 0 saturated heterocycles. The van der Waals surface area contributed by atoms with Gasteiger partial charge in [0.2, 0.25) is 0 Å². The monoisotopic (exact) mass is 263 g/mol. The quantitative estimate of drug-likeness (QED) is 0.827. The lowest BCUT2D eigenvalue weighted by Gasteiger charge is -2.22. The predicted molar refractivity (Wildman–Crippen MR) is 74.5 cm³/mol. The molecule has 0 amide bonds. The van der Waals surface area contributed by atoms with Crippen LogP contribution in [0.15, 0.2) is 42.7 Å². The van der Waals surface area contributed by atoms with E-state index in [2.05, 4.69) is 16.0 Å². The van der Waals surface area contributed by atoms with Crippen LogP contribution in [0.4, 0.5) is 5.82 Å². The van der Waals surface area contributed by atoms with Crippen molar-refractivity contribution in [1.29, 1.82) is 10.5 Å². The maximum Gasteiger partial charge on any atom is 0.142 e. The van der Waals surface area contributed by atoms with Crippen LogP contribution in [-0.2, 0) is 6.54 Å². The summed E-state index contributed by atoms with van der Waals surface area (Å²) in [5, 5.41) is 17.7. The van der Waals surface area contributed by atoms with E-state index in [9.17, 15) is 0 Å². The lowest BCUT2D eigenvalue weighted by molar-refractivity contribution is 0.779. The fourth-order valence-corrected chi connectivity index (χ4v) is 1.83. The molecule has 0 aliphatic rings. The van der Waals surface area contributed by atoms with Gasteiger partial charge in [0.05, 0.1) is 12.5 Å². The first-order chi connectivity index (χ1) is 9.83. The highest BCUT2D eigenvalue weighted by molar-refractivity contribution is 5.42. The van der Waals surface area contributed by atoms with Gasteiger partial charge >= 0.3 is 0 Å². The molecule has 0 atom stereocenters. The standard InChI is InChI=1S/C15H13N5/c16-7-3-9-20(12-13-4-2-8-18-11-13)15-6-1-5-14(10-17)19-15/h1-2,4-6,8,11H,3,9,12H2. The Bertz CT molecular complexity index is 639. The van der Waals surface area contributed by atoms with Crippen LogP contribution < -0.4 is 4.90 Å². The highest BCUT2D eigenvalue weighted by Crippen LogP contribution is 2.15. The minimum atomic E-state index is 0.371. The molecular formula is C15H13N5. The van der Waals surface area contributed by atoms with Crippen molar-refractivity contribution in [3.05, 3.63) is 54.0 Å². The summed E-state index contributed by atoms with van der Waals surface area (Å²) in [4.78, 5) is 10.3. The van der Waals surface area contributed by atoms with Gasteiger partial charge < -0.3 is 4.90 Å². The van der Waals surface area contributed by atoms with E-state index in [4.69, 9.17) is 10.5 Å². The van der Waals surface area contributed by atoms with Crippen LogP contribution in [0.5, 0.6) is 0 Å². The molecule has 0 N–H and O–H groups in total. The number of nitriles is 2. The molecule has 20 heavy (non-hydrogen) atoms. The number of hydrogen-bond donors (Lipinski definition) is 0. The van der Waals surface area contributed by atoms with E-state index in [0.29, 0.717) is 31.0 Å². The van der Waals surface area contributed by atoms with Gasteiger partial charge in [0, 0.05) is 25.5 Å². The summed E-state index contributed by atoms with van der Waals surface area (Å²) >= 11 is 0. The van der Waals surface area contributed by atoms with Crippen molar-refractivity contribution in [1.82, 2.24) is 9.97 Å². The van der Waals surface area contributed by atoms with Crippen LogP contribution in [0.1, 0.15) is 17.7 Å². The van der Waals surface area contributed by atoms with Crippen molar-refractivity contribution in [3.8, 4) is 12.1 Å². The van der Waals surface area contributed by atoms with Gasteiger partial charge in [0.25, 0.3) is 0 Å². The van der Waals surface area contributed by atoms with E-state index in [-0.39, 0.29) is 0 Å². The Morgan fingerprint density at radius 2 is 2.05 bits per heavy atom. The van der Waals surface area contributed by atoms with Crippen molar-refractivity contribution in [2.45, 2.75) is 13.0 Å². The van der Waals surface area contributed by atoms with E-state index in [1.54, 1.807) is 24.5 Å². The number of anilines is 1. The molecule has 0 fully saturated rings. The lowest BCUT2D eigenvalue weighted by Crippen LogP contribution is -2.24. The fourth-order valence-electron chi connectivity index (χ4n) is 1.83. The Morgan fingerprint density at radius 1 is 1.15 bits per heavy atom. The molecule has 0 spiro atoms. The van der Waals surface area contributed by atoms with Gasteiger partial charge in [0.15, 0.2) is 0 Å². The third-order valence-corrected chi connectivity index (χ3v) is 2.76. The summed E-state index contributed by atoms with van der Waals surface area (Å²) in [6.45, 7) is 1.17. The minimum absolute atomic E-state index is 0.371. The maximum absolute atomic E-state index is 8.92. The van der Waals surface area contributed by atoms with Crippen LogP contribution in [-0.4, -0.2) is 16.5 Å². The third kappa shape index (κ3) is 3.54. The zero-order valence-corrected chi connectivity index (χ0v) is 10.9. The molecule has 2 rings (SSSR count). The van der Waals surface area contributed by atoms with Crippen LogP contribution in [0.3, 0.4) is 0 Å². The molecule has 2 heterocycles. The Morgan fingerprint density at radius 3 is 2.75 bits per heavy atom. The summed E-state index contributed by atoms with van der Waals surface area (Å²) < 4.78 is 0. The van der Waals surface area contributed by atoms with E-state index in [1.807, 2.05) is 29.2 Å². The minimum Gasteiger partial charge on any atom is -0.351 e. The van der Waals surface area contributed by atoms with E-state index >= 15 is 0 Å². The molecule has 0 aliphatic heterocycles. The summed E-state index contributed by atoms with van der Waals surface area (Å²) in [6, 6.07) is 13.3. The van der Waals surface area contributed by atoms with Gasteiger partial charge in [-0.25, -0.2) is 4.98 Å². The smallest absolute Gasteiger partial charge is 0.142 e. The molecule has 0 saturated carbocycles. The largest absolute Gasteiger partial charge is 0.351 e. The van der Waals surface area contributed by atoms with Crippen molar-refractivity contribution in [3.63, 3.8) is 0 Å². The van der Waals surface area contributed by atoms with E-state index < -0.39 is 0 Å². The molecule has 0 aliphatic carbocycles. The highest BCUT2D eigenvalue weighted by Gasteiger charge is 2.09. The number of nitrogens with zero attached hydrogens (tertiary/aromatic N) is 5. The third-order valence-electron chi connectivity index (χ3n) is 2.76. The fraction of sp³-hybridized carbons (Fsp3) is 0.200. The molecule has 2 aromatic rings. The summed E-state index contributed by atoms with van der Waals surface area (Å²) in [6.07, 6.45) is 3.91. The second-order valence-corrected chi connectivity index (χ2v) is 4.18. The molecule has 0 aromatic carbocycles. The highest BCUT2D eigenvalue weighted by atomic mass is 15.2. The molecule has 0 radical (unpaired) electrons. The second kappa shape index (κ2) is 6.86. The Hall–Kier alpha value is -2.92. The number of rotatable bonds is 5. The van der Waals surface area contributed by atoms with Crippen LogP contribution in [0.2, 0.25) is 0 Å². The number of hydrogen-bond acceptors (Lipinski definition) is 5. The molecule has 98 valence electrons. The molecular weight excluding hydrogens is 250 g/mol. The van der Waals surface area contributed by atoms with Crippen LogP contribution in [0, 0.1) is 22.7 Å². The zero-order chi connectivity index (χ0) is 14.2. The first-order valence-corrected chi connectivity index (χ1v) is 6.21.